The van der Waals surface area contributed by atoms with Gasteiger partial charge in [-0.25, -0.2) is 26.8 Å². The minimum absolute atomic E-state index is 0.0223. The molecule has 8 nitrogen and oxygen atoms in total. The monoisotopic (exact) mass is 446 g/mol. The summed E-state index contributed by atoms with van der Waals surface area (Å²) in [4.78, 5) is 8.32. The summed E-state index contributed by atoms with van der Waals surface area (Å²) in [5.74, 6) is 0.614. The third-order valence-electron chi connectivity index (χ3n) is 4.24. The van der Waals surface area contributed by atoms with Crippen molar-refractivity contribution in [1.29, 1.82) is 0 Å². The van der Waals surface area contributed by atoms with E-state index in [4.69, 9.17) is 0 Å². The van der Waals surface area contributed by atoms with E-state index in [1.165, 1.54) is 30.3 Å². The first-order valence-corrected chi connectivity index (χ1v) is 12.0. The summed E-state index contributed by atoms with van der Waals surface area (Å²) in [5, 5.41) is 0. The van der Waals surface area contributed by atoms with Gasteiger partial charge in [0.1, 0.15) is 11.6 Å². The van der Waals surface area contributed by atoms with Crippen molar-refractivity contribution in [3.63, 3.8) is 0 Å². The lowest BCUT2D eigenvalue weighted by molar-refractivity contribution is 0.599. The lowest BCUT2D eigenvalue weighted by Gasteiger charge is -2.12. The summed E-state index contributed by atoms with van der Waals surface area (Å²) in [7, 11) is -7.69. The molecule has 2 aromatic carbocycles. The van der Waals surface area contributed by atoms with Gasteiger partial charge in [0, 0.05) is 17.4 Å². The predicted octanol–water partition coefficient (Wildman–Crippen LogP) is 3.31. The van der Waals surface area contributed by atoms with Crippen LogP contribution in [-0.4, -0.2) is 26.8 Å². The molecule has 1 aromatic heterocycles. The van der Waals surface area contributed by atoms with Gasteiger partial charge in [0.05, 0.1) is 9.79 Å². The zero-order valence-corrected chi connectivity index (χ0v) is 18.6. The molecule has 0 fully saturated rings. The van der Waals surface area contributed by atoms with Crippen LogP contribution >= 0.6 is 0 Å². The Kier molecular flexibility index (Phi) is 5.82. The van der Waals surface area contributed by atoms with Crippen LogP contribution in [0, 0.1) is 27.7 Å². The standard InChI is InChI=1S/C20H22N4O4S2/c1-13-5-10-19(14(2)11-13)30(27,28)23-17-6-8-18(9-7-17)29(25,26)24-20-12-15(3)21-16(4)22-20/h5-12,23H,1-4H3,(H,21,22,24). The van der Waals surface area contributed by atoms with Gasteiger partial charge in [-0.2, -0.15) is 0 Å². The highest BCUT2D eigenvalue weighted by Gasteiger charge is 2.19. The molecule has 0 unspecified atom stereocenters. The van der Waals surface area contributed by atoms with E-state index in [-0.39, 0.29) is 21.3 Å². The fourth-order valence-corrected chi connectivity index (χ4v) is 5.26. The van der Waals surface area contributed by atoms with Crippen LogP contribution in [0.25, 0.3) is 0 Å². The summed E-state index contributed by atoms with van der Waals surface area (Å²) in [6, 6.07) is 12.0. The topological polar surface area (TPSA) is 118 Å². The molecule has 10 heteroatoms. The number of aromatic nitrogens is 2. The SMILES string of the molecule is Cc1ccc(S(=O)(=O)Nc2ccc(S(=O)(=O)Nc3cc(C)nc(C)n3)cc2)c(C)c1. The van der Waals surface area contributed by atoms with Crippen LogP contribution in [0.15, 0.2) is 58.3 Å². The van der Waals surface area contributed by atoms with Crippen molar-refractivity contribution in [2.24, 2.45) is 0 Å². The van der Waals surface area contributed by atoms with Crippen molar-refractivity contribution < 1.29 is 16.8 Å². The van der Waals surface area contributed by atoms with Crippen LogP contribution in [0.2, 0.25) is 0 Å². The molecule has 0 aliphatic heterocycles. The van der Waals surface area contributed by atoms with Crippen LogP contribution in [0.3, 0.4) is 0 Å². The second-order valence-corrected chi connectivity index (χ2v) is 10.3. The molecule has 158 valence electrons. The van der Waals surface area contributed by atoms with Gasteiger partial charge in [-0.1, -0.05) is 17.7 Å². The number of nitrogens with one attached hydrogen (secondary N) is 2. The highest BCUT2D eigenvalue weighted by Crippen LogP contribution is 2.22. The summed E-state index contributed by atoms with van der Waals surface area (Å²) >= 11 is 0. The lowest BCUT2D eigenvalue weighted by atomic mass is 10.2. The quantitative estimate of drug-likeness (QED) is 0.600. The Labute approximate surface area is 176 Å². The first kappa shape index (κ1) is 21.7. The fourth-order valence-electron chi connectivity index (χ4n) is 2.98. The van der Waals surface area contributed by atoms with E-state index in [1.54, 1.807) is 39.0 Å². The van der Waals surface area contributed by atoms with Crippen molar-refractivity contribution in [3.05, 3.63) is 71.2 Å². The molecule has 1 heterocycles. The van der Waals surface area contributed by atoms with Gasteiger partial charge in [0.2, 0.25) is 0 Å². The molecule has 0 radical (unpaired) electrons. The number of sulfonamides is 2. The number of benzene rings is 2. The van der Waals surface area contributed by atoms with Gasteiger partial charge < -0.3 is 0 Å². The highest BCUT2D eigenvalue weighted by atomic mass is 32.2. The van der Waals surface area contributed by atoms with E-state index in [9.17, 15) is 16.8 Å². The van der Waals surface area contributed by atoms with E-state index in [1.807, 2.05) is 6.92 Å². The van der Waals surface area contributed by atoms with Crippen LogP contribution < -0.4 is 9.44 Å². The molecule has 3 rings (SSSR count). The average Bonchev–Trinajstić information content (AvgIpc) is 2.60. The number of nitrogens with zero attached hydrogens (tertiary/aromatic N) is 2. The van der Waals surface area contributed by atoms with E-state index >= 15 is 0 Å². The van der Waals surface area contributed by atoms with E-state index in [2.05, 4.69) is 19.4 Å². The Balaban J connectivity index is 1.81. The molecule has 0 bridgehead atoms. The summed E-state index contributed by atoms with van der Waals surface area (Å²) < 4.78 is 55.4. The van der Waals surface area contributed by atoms with E-state index in [0.717, 1.165) is 5.56 Å². The van der Waals surface area contributed by atoms with Crippen LogP contribution in [0.1, 0.15) is 22.6 Å². The molecule has 0 amide bonds. The smallest absolute Gasteiger partial charge is 0.263 e. The molecule has 3 aromatic rings. The Hall–Kier alpha value is -2.98. The van der Waals surface area contributed by atoms with Crippen molar-refractivity contribution in [3.8, 4) is 0 Å². The molecular weight excluding hydrogens is 424 g/mol. The number of aryl methyl sites for hydroxylation is 4. The summed E-state index contributed by atoms with van der Waals surface area (Å²) in [6.45, 7) is 7.01. The van der Waals surface area contributed by atoms with Crippen molar-refractivity contribution >= 4 is 31.6 Å². The van der Waals surface area contributed by atoms with Crippen molar-refractivity contribution in [1.82, 2.24) is 9.97 Å². The average molecular weight is 447 g/mol. The molecule has 0 saturated heterocycles. The largest absolute Gasteiger partial charge is 0.280 e. The summed E-state index contributed by atoms with van der Waals surface area (Å²) in [5.41, 5.74) is 2.47. The molecule has 0 aliphatic rings. The Morgan fingerprint density at radius 2 is 1.40 bits per heavy atom. The van der Waals surface area contributed by atoms with Gasteiger partial charge in [0.25, 0.3) is 20.0 Å². The lowest BCUT2D eigenvalue weighted by Crippen LogP contribution is -2.16. The number of hydrogen-bond donors (Lipinski definition) is 2. The van der Waals surface area contributed by atoms with Gasteiger partial charge >= 0.3 is 0 Å². The van der Waals surface area contributed by atoms with E-state index in [0.29, 0.717) is 17.1 Å². The molecule has 30 heavy (non-hydrogen) atoms. The fraction of sp³-hybridized carbons (Fsp3) is 0.200. The second kappa shape index (κ2) is 8.04. The van der Waals surface area contributed by atoms with Crippen molar-refractivity contribution in [2.45, 2.75) is 37.5 Å². The van der Waals surface area contributed by atoms with Gasteiger partial charge in [0.15, 0.2) is 0 Å². The molecule has 2 N–H and O–H groups in total. The Morgan fingerprint density at radius 1 is 0.733 bits per heavy atom. The molecule has 0 spiro atoms. The minimum atomic E-state index is -3.89. The number of rotatable bonds is 6. The van der Waals surface area contributed by atoms with Gasteiger partial charge in [-0.15, -0.1) is 0 Å². The summed E-state index contributed by atoms with van der Waals surface area (Å²) in [6.07, 6.45) is 0. The first-order chi connectivity index (χ1) is 14.0. The number of anilines is 2. The van der Waals surface area contributed by atoms with Crippen LogP contribution in [-0.2, 0) is 20.0 Å². The third-order valence-corrected chi connectivity index (χ3v) is 7.15. The molecular formula is C20H22N4O4S2. The zero-order chi connectivity index (χ0) is 22.1. The zero-order valence-electron chi connectivity index (χ0n) is 17.0. The van der Waals surface area contributed by atoms with Crippen LogP contribution in [0.4, 0.5) is 11.5 Å². The van der Waals surface area contributed by atoms with Gasteiger partial charge in [-0.05, 0) is 63.6 Å². The Morgan fingerprint density at radius 3 is 2.00 bits per heavy atom. The van der Waals surface area contributed by atoms with Gasteiger partial charge in [-0.3, -0.25) is 9.44 Å². The maximum Gasteiger partial charge on any atom is 0.263 e. The molecule has 0 saturated carbocycles. The van der Waals surface area contributed by atoms with Crippen LogP contribution in [0.5, 0.6) is 0 Å². The minimum Gasteiger partial charge on any atom is -0.280 e. The predicted molar refractivity (Wildman–Crippen MR) is 115 cm³/mol. The third kappa shape index (κ3) is 4.95. The maximum atomic E-state index is 12.7. The maximum absolute atomic E-state index is 12.7. The molecule has 0 aliphatic carbocycles. The van der Waals surface area contributed by atoms with Crippen molar-refractivity contribution in [2.75, 3.05) is 9.44 Å². The van der Waals surface area contributed by atoms with E-state index < -0.39 is 20.0 Å². The molecule has 0 atom stereocenters. The normalized spacial score (nSPS) is 11.9. The number of hydrogen-bond acceptors (Lipinski definition) is 6. The first-order valence-electron chi connectivity index (χ1n) is 9.01. The second-order valence-electron chi connectivity index (χ2n) is 6.95. The Bertz CT molecular complexity index is 1280. The highest BCUT2D eigenvalue weighted by molar-refractivity contribution is 7.93.